The molecule has 1 saturated carbocycles. The number of amides is 1. The van der Waals surface area contributed by atoms with Gasteiger partial charge in [0.15, 0.2) is 0 Å². The van der Waals surface area contributed by atoms with Crippen molar-refractivity contribution in [2.75, 3.05) is 10.8 Å². The number of allylic oxidation sites excluding steroid dienone is 1. The molecule has 7 heteroatoms. The maximum absolute atomic E-state index is 14.4. The van der Waals surface area contributed by atoms with Crippen molar-refractivity contribution in [2.45, 2.75) is 68.5 Å². The van der Waals surface area contributed by atoms with Gasteiger partial charge in [-0.15, -0.1) is 6.58 Å². The molecule has 0 N–H and O–H groups in total. The van der Waals surface area contributed by atoms with E-state index in [1.54, 1.807) is 33.5 Å². The van der Waals surface area contributed by atoms with Crippen molar-refractivity contribution in [2.24, 2.45) is 5.92 Å². The van der Waals surface area contributed by atoms with Gasteiger partial charge in [-0.25, -0.2) is 17.5 Å². The Bertz CT molecular complexity index is 1260. The highest BCUT2D eigenvalue weighted by Crippen LogP contribution is 2.69. The van der Waals surface area contributed by atoms with E-state index in [4.69, 9.17) is 4.74 Å². The lowest BCUT2D eigenvalue weighted by molar-refractivity contribution is 0.00576. The van der Waals surface area contributed by atoms with Crippen LogP contribution in [-0.2, 0) is 20.2 Å². The summed E-state index contributed by atoms with van der Waals surface area (Å²) in [5, 5.41) is 0. The Kier molecular flexibility index (Phi) is 4.96. The summed E-state index contributed by atoms with van der Waals surface area (Å²) in [5.41, 5.74) is 0.252. The Morgan fingerprint density at radius 2 is 1.79 bits per heavy atom. The summed E-state index contributed by atoms with van der Waals surface area (Å²) in [6.45, 7) is 12.0. The minimum absolute atomic E-state index is 0.0410. The van der Waals surface area contributed by atoms with Crippen molar-refractivity contribution in [3.8, 4) is 0 Å². The van der Waals surface area contributed by atoms with Crippen molar-refractivity contribution >= 4 is 21.8 Å². The molecule has 1 amide bonds. The fourth-order valence-electron chi connectivity index (χ4n) is 6.55. The first-order chi connectivity index (χ1) is 16.0. The predicted molar refractivity (Wildman–Crippen MR) is 132 cm³/mol. The molecular weight excluding hydrogens is 448 g/mol. The fourth-order valence-corrected chi connectivity index (χ4v) is 8.41. The third kappa shape index (κ3) is 2.85. The molecule has 1 aliphatic carbocycles. The second-order valence-corrected chi connectivity index (χ2v) is 12.4. The van der Waals surface area contributed by atoms with E-state index < -0.39 is 32.8 Å². The maximum atomic E-state index is 14.4. The smallest absolute Gasteiger partial charge is 0.412 e. The lowest BCUT2D eigenvalue weighted by Crippen LogP contribution is -2.64. The summed E-state index contributed by atoms with van der Waals surface area (Å²) >= 11 is 0. The Morgan fingerprint density at radius 1 is 1.12 bits per heavy atom. The van der Waals surface area contributed by atoms with Gasteiger partial charge in [-0.1, -0.05) is 42.0 Å². The summed E-state index contributed by atoms with van der Waals surface area (Å²) in [4.78, 5) is 15.5. The number of carbonyl (C=O) groups is 1. The van der Waals surface area contributed by atoms with E-state index in [1.165, 1.54) is 0 Å². The molecule has 2 heterocycles. The van der Waals surface area contributed by atoms with E-state index in [0.717, 1.165) is 17.5 Å². The topological polar surface area (TPSA) is 66.9 Å². The summed E-state index contributed by atoms with van der Waals surface area (Å²) < 4.78 is 36.1. The number of sulfonamides is 1. The molecule has 0 radical (unpaired) electrons. The van der Waals surface area contributed by atoms with Crippen LogP contribution in [0, 0.1) is 12.8 Å². The molecule has 1 saturated heterocycles. The number of nitrogens with zero attached hydrogens (tertiary/aromatic N) is 2. The predicted octanol–water partition coefficient (Wildman–Crippen LogP) is 5.37. The van der Waals surface area contributed by atoms with Crippen molar-refractivity contribution in [3.05, 3.63) is 72.3 Å². The highest BCUT2D eigenvalue weighted by atomic mass is 32.2. The number of likely N-dealkylation sites (tertiary alicyclic amines) is 1. The van der Waals surface area contributed by atoms with Crippen LogP contribution in [-0.4, -0.2) is 37.2 Å². The van der Waals surface area contributed by atoms with Gasteiger partial charge in [0, 0.05) is 12.0 Å². The summed E-state index contributed by atoms with van der Waals surface area (Å²) in [6.07, 6.45) is 3.38. The normalized spacial score (nSPS) is 27.8. The standard InChI is InChI=1S/C27H32N2O4S/c1-6-20-15-16-27-26(20,17-18-28(27)24(30)33-25(3,4)5)22-9-7-8-10-23(22)29(27)34(31,32)21-13-11-19(2)12-14-21/h6-14,20H,1,15-18H2,2-5H3/t20?,26-,27-/m1/s1. The van der Waals surface area contributed by atoms with Crippen LogP contribution < -0.4 is 4.31 Å². The van der Waals surface area contributed by atoms with Crippen LogP contribution in [0.25, 0.3) is 0 Å². The van der Waals surface area contributed by atoms with Crippen molar-refractivity contribution in [1.29, 1.82) is 0 Å². The van der Waals surface area contributed by atoms with Gasteiger partial charge in [0.25, 0.3) is 10.0 Å². The zero-order valence-corrected chi connectivity index (χ0v) is 21.1. The molecule has 0 aromatic heterocycles. The molecule has 180 valence electrons. The number of anilines is 1. The third-order valence-electron chi connectivity index (χ3n) is 7.72. The van der Waals surface area contributed by atoms with E-state index in [1.807, 2.05) is 58.0 Å². The quantitative estimate of drug-likeness (QED) is 0.554. The van der Waals surface area contributed by atoms with Gasteiger partial charge < -0.3 is 4.74 Å². The van der Waals surface area contributed by atoms with Crippen molar-refractivity contribution in [3.63, 3.8) is 0 Å². The highest BCUT2D eigenvalue weighted by molar-refractivity contribution is 7.93. The van der Waals surface area contributed by atoms with Gasteiger partial charge >= 0.3 is 6.09 Å². The van der Waals surface area contributed by atoms with Crippen LogP contribution in [0.1, 0.15) is 51.2 Å². The number of ether oxygens (including phenoxy) is 1. The molecule has 0 bridgehead atoms. The van der Waals surface area contributed by atoms with E-state index in [0.29, 0.717) is 25.1 Å². The maximum Gasteiger partial charge on any atom is 0.412 e. The minimum Gasteiger partial charge on any atom is -0.444 e. The van der Waals surface area contributed by atoms with Gasteiger partial charge in [0.2, 0.25) is 0 Å². The van der Waals surface area contributed by atoms with Crippen LogP contribution in [0.15, 0.2) is 66.1 Å². The molecule has 2 aromatic rings. The second kappa shape index (κ2) is 7.35. The van der Waals surface area contributed by atoms with Gasteiger partial charge in [0.1, 0.15) is 11.3 Å². The monoisotopic (exact) mass is 480 g/mol. The number of para-hydroxylation sites is 1. The Labute approximate surface area is 202 Å². The van der Waals surface area contributed by atoms with Gasteiger partial charge in [-0.2, -0.15) is 0 Å². The van der Waals surface area contributed by atoms with Crippen LogP contribution in [0.5, 0.6) is 0 Å². The average Bonchev–Trinajstić information content (AvgIpc) is 3.33. The number of aryl methyl sites for hydroxylation is 1. The molecule has 2 aliphatic heterocycles. The van der Waals surface area contributed by atoms with Gasteiger partial charge in [0.05, 0.1) is 10.6 Å². The highest BCUT2D eigenvalue weighted by Gasteiger charge is 2.76. The largest absolute Gasteiger partial charge is 0.444 e. The van der Waals surface area contributed by atoms with Gasteiger partial charge in [-0.3, -0.25) is 4.90 Å². The number of benzene rings is 2. The molecule has 6 nitrogen and oxygen atoms in total. The Morgan fingerprint density at radius 3 is 2.44 bits per heavy atom. The number of hydrogen-bond donors (Lipinski definition) is 0. The Hall–Kier alpha value is -2.80. The summed E-state index contributed by atoms with van der Waals surface area (Å²) in [6, 6.07) is 14.6. The van der Waals surface area contributed by atoms with E-state index in [2.05, 4.69) is 6.58 Å². The lowest BCUT2D eigenvalue weighted by Gasteiger charge is -2.47. The van der Waals surface area contributed by atoms with Gasteiger partial charge in [-0.05, 0) is 76.6 Å². The lowest BCUT2D eigenvalue weighted by atomic mass is 9.69. The second-order valence-electron chi connectivity index (χ2n) is 10.7. The third-order valence-corrected chi connectivity index (χ3v) is 9.57. The summed E-state index contributed by atoms with van der Waals surface area (Å²) in [5.74, 6) is 0.0410. The van der Waals surface area contributed by atoms with Crippen LogP contribution in [0.4, 0.5) is 10.5 Å². The number of fused-ring (bicyclic) bond motifs is 1. The molecule has 34 heavy (non-hydrogen) atoms. The number of hydrogen-bond acceptors (Lipinski definition) is 4. The first-order valence-electron chi connectivity index (χ1n) is 11.8. The first kappa shape index (κ1) is 23.0. The Balaban J connectivity index is 1.78. The molecule has 1 unspecified atom stereocenters. The molecule has 2 fully saturated rings. The molecule has 2 aromatic carbocycles. The molecule has 0 spiro atoms. The van der Waals surface area contributed by atoms with E-state index in [9.17, 15) is 13.2 Å². The van der Waals surface area contributed by atoms with E-state index >= 15 is 0 Å². The van der Waals surface area contributed by atoms with Crippen LogP contribution in [0.3, 0.4) is 0 Å². The average molecular weight is 481 g/mol. The van der Waals surface area contributed by atoms with Crippen LogP contribution >= 0.6 is 0 Å². The first-order valence-corrected chi connectivity index (χ1v) is 13.3. The van der Waals surface area contributed by atoms with Crippen molar-refractivity contribution < 1.29 is 17.9 Å². The minimum atomic E-state index is -3.98. The summed E-state index contributed by atoms with van der Waals surface area (Å²) in [7, 11) is -3.98. The zero-order valence-electron chi connectivity index (χ0n) is 20.2. The van der Waals surface area contributed by atoms with Crippen LogP contribution in [0.2, 0.25) is 0 Å². The SMILES string of the molecule is C=CC1CC[C@]23N(C(=O)OC(C)(C)C)CC[C@]12c1ccccc1N3S(=O)(=O)c1ccc(C)cc1. The van der Waals surface area contributed by atoms with Crippen molar-refractivity contribution in [1.82, 2.24) is 4.90 Å². The molecule has 5 rings (SSSR count). The number of carbonyl (C=O) groups excluding carboxylic acids is 1. The molecular formula is C27H32N2O4S. The molecule has 3 atom stereocenters. The number of rotatable bonds is 3. The van der Waals surface area contributed by atoms with E-state index in [-0.39, 0.29) is 10.8 Å². The zero-order chi connectivity index (χ0) is 24.5. The molecule has 3 aliphatic rings. The fraction of sp³-hybridized carbons (Fsp3) is 0.444.